The maximum Gasteiger partial charge on any atom is 3.00 e. The zero-order chi connectivity index (χ0) is 22.0. The van der Waals surface area contributed by atoms with Crippen LogP contribution in [0.3, 0.4) is 0 Å². The molecule has 11 heteroatoms. The number of carboxylic acid groups (broad SMARTS) is 1. The van der Waals surface area contributed by atoms with Gasteiger partial charge in [-0.15, -0.1) is 0 Å². The van der Waals surface area contributed by atoms with Crippen molar-refractivity contribution < 1.29 is 20.1 Å². The second-order valence-corrected chi connectivity index (χ2v) is 6.52. The van der Waals surface area contributed by atoms with E-state index in [4.69, 9.17) is 30.6 Å². The molecule has 0 spiro atoms. The number of aliphatic carboxylic acids is 1. The molecule has 0 bridgehead atoms. The van der Waals surface area contributed by atoms with Crippen LogP contribution in [0.5, 0.6) is 0 Å². The summed E-state index contributed by atoms with van der Waals surface area (Å²) in [5.74, 6) is -0.903. The number of carbonyl (C=O) groups is 1. The van der Waals surface area contributed by atoms with Crippen LogP contribution in [0.4, 0.5) is 0 Å². The summed E-state index contributed by atoms with van der Waals surface area (Å²) in [7, 11) is 0. The molecule has 10 nitrogen and oxygen atoms in total. The second-order valence-electron chi connectivity index (χ2n) is 6.52. The molecule has 168 valence electrons. The molecule has 0 unspecified atom stereocenters. The van der Waals surface area contributed by atoms with Gasteiger partial charge in [-0.25, -0.2) is 0 Å². The fourth-order valence-electron chi connectivity index (χ4n) is 2.64. The van der Waals surface area contributed by atoms with E-state index in [1.54, 1.807) is 0 Å². The molecule has 0 aromatic rings. The van der Waals surface area contributed by atoms with Gasteiger partial charge < -0.3 is 40.5 Å². The maximum atomic E-state index is 10.2. The molecule has 0 N–H and O–H groups in total. The van der Waals surface area contributed by atoms with E-state index in [0.717, 1.165) is 12.8 Å². The Morgan fingerprint density at radius 1 is 0.586 bits per heavy atom. The smallest absolute Gasteiger partial charge is 0.550 e. The summed E-state index contributed by atoms with van der Waals surface area (Å²) in [6, 6.07) is 0. The largest absolute Gasteiger partial charge is 3.00 e. The Morgan fingerprint density at radius 2 is 0.793 bits per heavy atom. The number of carboxylic acids is 1. The number of hydrogen-bond acceptors (Lipinski definition) is 8. The van der Waals surface area contributed by atoms with Crippen molar-refractivity contribution in [1.82, 2.24) is 0 Å². The van der Waals surface area contributed by atoms with Gasteiger partial charge in [0.1, 0.15) is 0 Å². The van der Waals surface area contributed by atoms with E-state index in [9.17, 15) is 9.90 Å². The summed E-state index contributed by atoms with van der Waals surface area (Å²) in [6.45, 7) is 2.27. The Balaban J connectivity index is -0.000000294. The summed E-state index contributed by atoms with van der Waals surface area (Å²) in [5, 5.41) is 39.7. The fraction of sp³-hybridized carbons (Fsp3) is 0.944. The van der Waals surface area contributed by atoms with Crippen molar-refractivity contribution >= 4 is 23.3 Å². The van der Waals surface area contributed by atoms with Gasteiger partial charge in [0.15, 0.2) is 0 Å². The van der Waals surface area contributed by atoms with Crippen LogP contribution < -0.4 is 5.11 Å². The van der Waals surface area contributed by atoms with Crippen molar-refractivity contribution in [2.45, 2.75) is 110 Å². The first-order valence-electron chi connectivity index (χ1n) is 10.1. The molecule has 0 aliphatic rings. The predicted molar refractivity (Wildman–Crippen MR) is 111 cm³/mol. The van der Waals surface area contributed by atoms with Crippen LogP contribution in [0.2, 0.25) is 0 Å². The summed E-state index contributed by atoms with van der Waals surface area (Å²) in [4.78, 5) is 26.7. The van der Waals surface area contributed by atoms with Gasteiger partial charge in [-0.1, -0.05) is 96.8 Å². The van der Waals surface area contributed by atoms with Gasteiger partial charge >= 0.3 is 17.4 Å². The minimum Gasteiger partial charge on any atom is -0.550 e. The van der Waals surface area contributed by atoms with Crippen molar-refractivity contribution in [3.05, 3.63) is 30.6 Å². The maximum absolute atomic E-state index is 10.2. The molecule has 0 atom stereocenters. The van der Waals surface area contributed by atoms with Gasteiger partial charge in [0.05, 0.1) is 10.2 Å². The normalized spacial score (nSPS) is 9.14. The molecule has 0 fully saturated rings. The summed E-state index contributed by atoms with van der Waals surface area (Å²) < 4.78 is 0. The third-order valence-corrected chi connectivity index (χ3v) is 3.98. The number of hydrogen-bond donors (Lipinski definition) is 0. The summed E-state index contributed by atoms with van der Waals surface area (Å²) in [6.07, 6.45) is 19.9. The number of carbonyl (C=O) groups excluding carboxylic acids is 1. The van der Waals surface area contributed by atoms with E-state index in [-0.39, 0.29) is 23.8 Å². The minimum atomic E-state index is -1.75. The Morgan fingerprint density at radius 3 is 1.00 bits per heavy atom. The molecule has 0 aliphatic carbocycles. The molecule has 0 saturated heterocycles. The van der Waals surface area contributed by atoms with Crippen molar-refractivity contribution in [3.8, 4) is 0 Å². The molecule has 0 aliphatic heterocycles. The van der Waals surface area contributed by atoms with E-state index < -0.39 is 16.1 Å². The Hall–Kier alpha value is -1.60. The van der Waals surface area contributed by atoms with Crippen LogP contribution in [-0.2, 0) is 4.79 Å². The molecular weight excluding hydrogens is 399 g/mol. The Bertz CT molecular complexity index is 354. The molecule has 0 amide bonds. The van der Waals surface area contributed by atoms with Crippen molar-refractivity contribution in [2.24, 2.45) is 0 Å². The fourth-order valence-corrected chi connectivity index (χ4v) is 2.64. The van der Waals surface area contributed by atoms with Gasteiger partial charge in [0, 0.05) is 5.97 Å². The van der Waals surface area contributed by atoms with Crippen LogP contribution in [-0.4, -0.2) is 33.5 Å². The molecule has 0 saturated carbocycles. The first kappa shape index (κ1) is 34.9. The van der Waals surface area contributed by atoms with Crippen LogP contribution in [0.15, 0.2) is 0 Å². The van der Waals surface area contributed by atoms with E-state index in [1.807, 2.05) is 0 Å². The molecule has 0 aromatic heterocycles. The quantitative estimate of drug-likeness (QED) is 0.151. The zero-order valence-electron chi connectivity index (χ0n) is 17.6. The molecule has 0 aromatic carbocycles. The summed E-state index contributed by atoms with van der Waals surface area (Å²) >= 11 is 0. The molecule has 0 heterocycles. The molecular formula is C18H35AlN2O8. The third-order valence-electron chi connectivity index (χ3n) is 3.98. The first-order chi connectivity index (χ1) is 13.2. The zero-order valence-corrected chi connectivity index (χ0v) is 18.7. The third kappa shape index (κ3) is 66.3. The molecule has 29 heavy (non-hydrogen) atoms. The van der Waals surface area contributed by atoms with Gasteiger partial charge in [-0.3, -0.25) is 0 Å². The average molecular weight is 434 g/mol. The number of rotatable bonds is 16. The van der Waals surface area contributed by atoms with Crippen LogP contribution in [0, 0.1) is 30.6 Å². The van der Waals surface area contributed by atoms with Gasteiger partial charge in [-0.2, -0.15) is 0 Å². The van der Waals surface area contributed by atoms with Gasteiger partial charge in [0.2, 0.25) is 0 Å². The van der Waals surface area contributed by atoms with Crippen molar-refractivity contribution in [1.29, 1.82) is 0 Å². The Kier molecular flexibility index (Phi) is 37.4. The van der Waals surface area contributed by atoms with Gasteiger partial charge in [0.25, 0.3) is 0 Å². The van der Waals surface area contributed by atoms with E-state index in [1.165, 1.54) is 83.5 Å². The molecule has 0 rings (SSSR count). The van der Waals surface area contributed by atoms with Crippen molar-refractivity contribution in [3.63, 3.8) is 0 Å². The Labute approximate surface area is 184 Å². The SMILES string of the molecule is CCCCCCCCCCCCCCCCCC(=O)[O-].O=[N+]([O-])[O-].O=[N+]([O-])[O-].[Al+3]. The summed E-state index contributed by atoms with van der Waals surface area (Å²) in [5.41, 5.74) is 0. The van der Waals surface area contributed by atoms with Crippen molar-refractivity contribution in [2.75, 3.05) is 0 Å². The van der Waals surface area contributed by atoms with Crippen LogP contribution in [0.25, 0.3) is 0 Å². The first-order valence-corrected chi connectivity index (χ1v) is 10.1. The van der Waals surface area contributed by atoms with Crippen LogP contribution in [0.1, 0.15) is 110 Å². The van der Waals surface area contributed by atoms with E-state index in [2.05, 4.69) is 6.92 Å². The van der Waals surface area contributed by atoms with E-state index in [0.29, 0.717) is 0 Å². The number of unbranched alkanes of at least 4 members (excludes halogenated alkanes) is 14. The number of nitrogens with zero attached hydrogens (tertiary/aromatic N) is 2. The second kappa shape index (κ2) is 31.1. The predicted octanol–water partition coefficient (Wildman–Crippen LogP) is 4.14. The molecule has 0 radical (unpaired) electrons. The van der Waals surface area contributed by atoms with E-state index >= 15 is 0 Å². The standard InChI is InChI=1S/C18H36O2.Al.2NO3/c1-2-3-4-5-6-7-8-9-10-11-12-13-14-15-16-17-18(19)20;;2*2-1(3)4/h2-17H2,1H3,(H,19,20);;;/q;+3;2*-1/p-1. The average Bonchev–Trinajstić information content (AvgIpc) is 2.57. The minimum absolute atomic E-state index is 0. The monoisotopic (exact) mass is 434 g/mol. The topological polar surface area (TPSA) is 173 Å². The van der Waals surface area contributed by atoms with Gasteiger partial charge in [-0.05, 0) is 12.8 Å². The van der Waals surface area contributed by atoms with Crippen LogP contribution >= 0.6 is 0 Å².